The topological polar surface area (TPSA) is 101 Å². The second-order valence-electron chi connectivity index (χ2n) is 15.2. The lowest BCUT2D eigenvalue weighted by Crippen LogP contribution is -2.70. The van der Waals surface area contributed by atoms with Gasteiger partial charge in [0, 0.05) is 29.1 Å². The Bertz CT molecular complexity index is 1130. The number of Topliss-reactive ketones (excluding diaryl/α,β-unsaturated/α-hetero) is 1. The Labute approximate surface area is 270 Å². The Morgan fingerprint density at radius 2 is 1.53 bits per heavy atom. The minimum absolute atomic E-state index is 0.0720. The summed E-state index contributed by atoms with van der Waals surface area (Å²) in [6.07, 6.45) is 20.2. The Morgan fingerprint density at radius 1 is 0.956 bits per heavy atom. The number of carbonyl (C=O) groups is 3. The molecule has 0 aromatic heterocycles. The van der Waals surface area contributed by atoms with Crippen molar-refractivity contribution in [1.29, 1.82) is 0 Å². The van der Waals surface area contributed by atoms with Gasteiger partial charge in [-0.3, -0.25) is 14.4 Å². The molecule has 4 aliphatic carbocycles. The molecule has 4 rings (SSSR count). The smallest absolute Gasteiger partial charge is 0.306 e. The normalized spacial score (nSPS) is 37.0. The average molecular weight is 631 g/mol. The van der Waals surface area contributed by atoms with Gasteiger partial charge in [0.05, 0.1) is 6.10 Å². The Hall–Kier alpha value is -1.86. The first-order valence-corrected chi connectivity index (χ1v) is 18.1. The van der Waals surface area contributed by atoms with Crippen LogP contribution in [0.2, 0.25) is 0 Å². The molecule has 0 radical (unpaired) electrons. The van der Waals surface area contributed by atoms with Gasteiger partial charge in [-0.15, -0.1) is 0 Å². The van der Waals surface area contributed by atoms with Gasteiger partial charge in [-0.05, 0) is 57.1 Å². The number of rotatable bonds is 17. The van der Waals surface area contributed by atoms with Crippen LogP contribution in [0.3, 0.4) is 0 Å². The zero-order valence-corrected chi connectivity index (χ0v) is 28.4. The summed E-state index contributed by atoms with van der Waals surface area (Å²) in [6.45, 7) is 6.93. The molecule has 4 aliphatic rings. The van der Waals surface area contributed by atoms with Crippen LogP contribution in [0.25, 0.3) is 0 Å². The number of esters is 1. The fourth-order valence-electron chi connectivity index (χ4n) is 10.0. The molecule has 0 unspecified atom stereocenters. The van der Waals surface area contributed by atoms with E-state index in [1.807, 2.05) is 13.8 Å². The van der Waals surface area contributed by atoms with E-state index in [4.69, 9.17) is 4.74 Å². The van der Waals surface area contributed by atoms with E-state index in [0.29, 0.717) is 31.3 Å². The Balaban J connectivity index is 1.36. The molecule has 0 heterocycles. The van der Waals surface area contributed by atoms with Gasteiger partial charge in [0.25, 0.3) is 0 Å². The fourth-order valence-corrected chi connectivity index (χ4v) is 10.0. The van der Waals surface area contributed by atoms with Crippen molar-refractivity contribution in [2.75, 3.05) is 6.61 Å². The molecule has 6 nitrogen and oxygen atoms in total. The summed E-state index contributed by atoms with van der Waals surface area (Å²) in [5.41, 5.74) is -5.13. The molecule has 3 fully saturated rings. The van der Waals surface area contributed by atoms with Crippen molar-refractivity contribution in [3.05, 3.63) is 23.8 Å². The maximum Gasteiger partial charge on any atom is 0.306 e. The van der Waals surface area contributed by atoms with E-state index in [0.717, 1.165) is 19.3 Å². The van der Waals surface area contributed by atoms with Crippen LogP contribution in [0.4, 0.5) is 4.39 Å². The summed E-state index contributed by atoms with van der Waals surface area (Å²) in [4.78, 5) is 39.1. The number of fused-ring (bicyclic) bond motifs is 5. The van der Waals surface area contributed by atoms with Gasteiger partial charge in [-0.1, -0.05) is 109 Å². The number of allylic oxidation sites excluding steroid dienone is 4. The van der Waals surface area contributed by atoms with Gasteiger partial charge in [-0.25, -0.2) is 4.39 Å². The number of unbranched alkanes of at least 4 members (excludes halogenated alkanes) is 12. The third kappa shape index (κ3) is 6.51. The van der Waals surface area contributed by atoms with Crippen molar-refractivity contribution in [3.8, 4) is 0 Å². The highest BCUT2D eigenvalue weighted by atomic mass is 19.1. The van der Waals surface area contributed by atoms with Crippen LogP contribution in [0, 0.1) is 28.6 Å². The first kappa shape index (κ1) is 36.0. The zero-order chi connectivity index (χ0) is 32.9. The molecule has 0 bridgehead atoms. The van der Waals surface area contributed by atoms with Gasteiger partial charge >= 0.3 is 5.97 Å². The van der Waals surface area contributed by atoms with Gasteiger partial charge in [0.2, 0.25) is 5.78 Å². The van der Waals surface area contributed by atoms with Crippen LogP contribution >= 0.6 is 0 Å². The highest BCUT2D eigenvalue weighted by molar-refractivity contribution is 6.01. The molecular weight excluding hydrogens is 571 g/mol. The van der Waals surface area contributed by atoms with E-state index in [2.05, 4.69) is 6.92 Å². The lowest BCUT2D eigenvalue weighted by molar-refractivity contribution is -0.228. The van der Waals surface area contributed by atoms with E-state index >= 15 is 4.39 Å². The molecule has 0 aromatic carbocycles. The molecule has 3 saturated carbocycles. The van der Waals surface area contributed by atoms with Gasteiger partial charge in [0.1, 0.15) is 6.61 Å². The summed E-state index contributed by atoms with van der Waals surface area (Å²) in [5, 5.41) is 21.8. The molecule has 0 amide bonds. The van der Waals surface area contributed by atoms with Gasteiger partial charge in [-0.2, -0.15) is 0 Å². The summed E-state index contributed by atoms with van der Waals surface area (Å²) >= 11 is 0. The highest BCUT2D eigenvalue weighted by Crippen LogP contribution is 2.71. The number of ether oxygens (including phenoxy) is 1. The summed E-state index contributed by atoms with van der Waals surface area (Å²) < 4.78 is 23.7. The predicted molar refractivity (Wildman–Crippen MR) is 174 cm³/mol. The first-order chi connectivity index (χ1) is 21.4. The molecule has 0 aliphatic heterocycles. The third-order valence-electron chi connectivity index (χ3n) is 12.5. The van der Waals surface area contributed by atoms with Crippen molar-refractivity contribution in [2.45, 2.75) is 161 Å². The van der Waals surface area contributed by atoms with Crippen molar-refractivity contribution < 1.29 is 33.7 Å². The summed E-state index contributed by atoms with van der Waals surface area (Å²) in [7, 11) is 0. The molecule has 7 heteroatoms. The Kier molecular flexibility index (Phi) is 11.9. The number of hydrogen-bond donors (Lipinski definition) is 2. The lowest BCUT2D eigenvalue weighted by atomic mass is 9.44. The third-order valence-corrected chi connectivity index (χ3v) is 12.5. The van der Waals surface area contributed by atoms with Crippen LogP contribution < -0.4 is 0 Å². The van der Waals surface area contributed by atoms with Gasteiger partial charge < -0.3 is 14.9 Å². The van der Waals surface area contributed by atoms with E-state index in [9.17, 15) is 24.6 Å². The van der Waals surface area contributed by atoms with Crippen LogP contribution in [0.5, 0.6) is 0 Å². The minimum atomic E-state index is -2.03. The van der Waals surface area contributed by atoms with Crippen LogP contribution in [-0.4, -0.2) is 51.7 Å². The predicted octanol–water partition coefficient (Wildman–Crippen LogP) is 7.93. The number of alkyl halides is 1. The maximum atomic E-state index is 17.5. The van der Waals surface area contributed by atoms with Crippen LogP contribution in [-0.2, 0) is 19.1 Å². The standard InChI is InChI=1S/C38H59FO6/c1-5-6-7-8-9-10-11-12-13-14-15-16-17-18-34(44)45-38(33(43)26-40)27(2)23-31-30-20-19-28-24-29(41)21-22-35(28,3)37(30,39)32(42)25-36(31,38)4/h21-22,24,27,30-32,40,42H,5-20,23,25-26H2,1-4H3/t27-,30+,31+,32+,35+,36+,37+,38+/m1/s1. The van der Waals surface area contributed by atoms with Crippen LogP contribution in [0.15, 0.2) is 23.8 Å². The van der Waals surface area contributed by atoms with E-state index < -0.39 is 58.4 Å². The first-order valence-electron chi connectivity index (χ1n) is 18.1. The average Bonchev–Trinajstić information content (AvgIpc) is 3.22. The number of carbonyl (C=O) groups excluding carboxylic acids is 3. The number of ketones is 2. The SMILES string of the molecule is CCCCCCCCCCCCCCCC(=O)O[C@]1(C(=O)CO)[C@H](C)C[C@H]2[C@@H]3CCC4=CC(=O)C=C[C@]4(C)[C@@]3(F)[C@@H](O)C[C@@]21C. The van der Waals surface area contributed by atoms with Crippen molar-refractivity contribution in [3.63, 3.8) is 0 Å². The number of hydrogen-bond acceptors (Lipinski definition) is 6. The maximum absolute atomic E-state index is 17.5. The number of aliphatic hydroxyl groups excluding tert-OH is 2. The Morgan fingerprint density at radius 3 is 2.11 bits per heavy atom. The summed E-state index contributed by atoms with van der Waals surface area (Å²) in [6, 6.07) is 0. The second-order valence-corrected chi connectivity index (χ2v) is 15.2. The zero-order valence-electron chi connectivity index (χ0n) is 28.4. The molecule has 45 heavy (non-hydrogen) atoms. The monoisotopic (exact) mass is 630 g/mol. The number of aliphatic hydroxyl groups is 2. The summed E-state index contributed by atoms with van der Waals surface area (Å²) in [5.74, 6) is -2.58. The molecule has 0 aromatic rings. The molecule has 8 atom stereocenters. The second kappa shape index (κ2) is 14.9. The fraction of sp³-hybridized carbons (Fsp3) is 0.816. The molecule has 2 N–H and O–H groups in total. The quantitative estimate of drug-likeness (QED) is 0.125. The molecule has 0 saturated heterocycles. The van der Waals surface area contributed by atoms with E-state index in [-0.39, 0.29) is 24.5 Å². The van der Waals surface area contributed by atoms with Crippen LogP contribution in [0.1, 0.15) is 143 Å². The minimum Gasteiger partial charge on any atom is -0.450 e. The van der Waals surface area contributed by atoms with E-state index in [1.54, 1.807) is 13.0 Å². The number of halogens is 1. The van der Waals surface area contributed by atoms with Crippen molar-refractivity contribution in [2.24, 2.45) is 28.6 Å². The van der Waals surface area contributed by atoms with Crippen molar-refractivity contribution in [1.82, 2.24) is 0 Å². The highest BCUT2D eigenvalue weighted by Gasteiger charge is 2.77. The molecule has 254 valence electrons. The molecular formula is C38H59FO6. The van der Waals surface area contributed by atoms with Gasteiger partial charge in [0.15, 0.2) is 17.1 Å². The lowest BCUT2D eigenvalue weighted by Gasteiger charge is -2.62. The van der Waals surface area contributed by atoms with E-state index in [1.165, 1.54) is 69.9 Å². The van der Waals surface area contributed by atoms with Crippen molar-refractivity contribution >= 4 is 17.5 Å². The molecule has 0 spiro atoms. The largest absolute Gasteiger partial charge is 0.450 e.